The molecule has 0 radical (unpaired) electrons. The van der Waals surface area contributed by atoms with Crippen molar-refractivity contribution in [3.05, 3.63) is 70.3 Å². The number of anilines is 1. The minimum atomic E-state index is -0.510. The minimum Gasteiger partial charge on any atom is -0.493 e. The molecule has 0 spiro atoms. The number of aryl methyl sites for hydroxylation is 1. The van der Waals surface area contributed by atoms with Crippen molar-refractivity contribution < 1.29 is 19.2 Å². The van der Waals surface area contributed by atoms with Gasteiger partial charge in [-0.2, -0.15) is 0 Å². The van der Waals surface area contributed by atoms with Crippen LogP contribution in [0.1, 0.15) is 15.9 Å². The van der Waals surface area contributed by atoms with Crippen LogP contribution in [0.2, 0.25) is 0 Å². The van der Waals surface area contributed by atoms with Crippen LogP contribution in [0.15, 0.2) is 49.1 Å². The lowest BCUT2D eigenvalue weighted by molar-refractivity contribution is -0.384. The number of non-ortho nitro benzene ring substituents is 1. The lowest BCUT2D eigenvalue weighted by atomic mass is 10.1. The van der Waals surface area contributed by atoms with Crippen molar-refractivity contribution in [3.63, 3.8) is 0 Å². The lowest BCUT2D eigenvalue weighted by Gasteiger charge is -2.12. The highest BCUT2D eigenvalue weighted by molar-refractivity contribution is 6.05. The van der Waals surface area contributed by atoms with Crippen LogP contribution in [0.4, 0.5) is 11.4 Å². The van der Waals surface area contributed by atoms with E-state index in [9.17, 15) is 14.9 Å². The van der Waals surface area contributed by atoms with Crippen molar-refractivity contribution >= 4 is 17.3 Å². The normalized spacial score (nSPS) is 10.0. The molecule has 0 fully saturated rings. The summed E-state index contributed by atoms with van der Waals surface area (Å²) in [5.74, 6) is 0.493. The van der Waals surface area contributed by atoms with Gasteiger partial charge in [-0.15, -0.1) is 0 Å². The van der Waals surface area contributed by atoms with Gasteiger partial charge in [-0.1, -0.05) is 18.7 Å². The van der Waals surface area contributed by atoms with Crippen molar-refractivity contribution in [3.8, 4) is 11.5 Å². The highest BCUT2D eigenvalue weighted by atomic mass is 16.6. The SMILES string of the molecule is C=CCOc1ccc(C(=O)Nc2cc([N+](=O)[O-])ccc2C)cc1OC. The quantitative estimate of drug-likeness (QED) is 0.470. The number of amides is 1. The highest BCUT2D eigenvalue weighted by Gasteiger charge is 2.14. The van der Waals surface area contributed by atoms with Gasteiger partial charge in [0.25, 0.3) is 11.6 Å². The first-order valence-corrected chi connectivity index (χ1v) is 7.44. The molecule has 0 aromatic heterocycles. The summed E-state index contributed by atoms with van der Waals surface area (Å²) in [5, 5.41) is 13.6. The Morgan fingerprint density at radius 2 is 2.04 bits per heavy atom. The second-order valence-electron chi connectivity index (χ2n) is 5.18. The molecule has 0 heterocycles. The van der Waals surface area contributed by atoms with E-state index in [2.05, 4.69) is 11.9 Å². The molecule has 7 heteroatoms. The van der Waals surface area contributed by atoms with Gasteiger partial charge >= 0.3 is 0 Å². The number of hydrogen-bond donors (Lipinski definition) is 1. The van der Waals surface area contributed by atoms with E-state index >= 15 is 0 Å². The molecule has 0 aliphatic heterocycles. The Balaban J connectivity index is 2.25. The summed E-state index contributed by atoms with van der Waals surface area (Å²) in [6.45, 7) is 5.64. The van der Waals surface area contributed by atoms with E-state index in [0.29, 0.717) is 29.4 Å². The first kappa shape index (κ1) is 18.0. The molecule has 2 rings (SSSR count). The number of ether oxygens (including phenoxy) is 2. The number of nitro groups is 1. The number of rotatable bonds is 7. The molecule has 25 heavy (non-hydrogen) atoms. The largest absolute Gasteiger partial charge is 0.493 e. The molecule has 0 unspecified atom stereocenters. The third kappa shape index (κ3) is 4.35. The monoisotopic (exact) mass is 342 g/mol. The standard InChI is InChI=1S/C18H18N2O5/c1-4-9-25-16-8-6-13(10-17(16)24-3)18(21)19-15-11-14(20(22)23)7-5-12(15)2/h4-8,10-11H,1,9H2,2-3H3,(H,19,21). The van der Waals surface area contributed by atoms with E-state index in [1.54, 1.807) is 37.3 Å². The zero-order valence-electron chi connectivity index (χ0n) is 13.9. The van der Waals surface area contributed by atoms with Gasteiger partial charge < -0.3 is 14.8 Å². The van der Waals surface area contributed by atoms with Crippen molar-refractivity contribution in [2.75, 3.05) is 19.0 Å². The molecule has 1 N–H and O–H groups in total. The smallest absolute Gasteiger partial charge is 0.271 e. The van der Waals surface area contributed by atoms with Crippen molar-refractivity contribution in [2.24, 2.45) is 0 Å². The van der Waals surface area contributed by atoms with Crippen LogP contribution < -0.4 is 14.8 Å². The molecule has 0 atom stereocenters. The zero-order valence-corrected chi connectivity index (χ0v) is 13.9. The molecule has 1 amide bonds. The Bertz CT molecular complexity index is 817. The Hall–Kier alpha value is -3.35. The second kappa shape index (κ2) is 7.96. The molecule has 0 aliphatic rings. The van der Waals surface area contributed by atoms with Gasteiger partial charge in [0.15, 0.2) is 11.5 Å². The number of hydrogen-bond acceptors (Lipinski definition) is 5. The van der Waals surface area contributed by atoms with Gasteiger partial charge in [0.05, 0.1) is 17.7 Å². The van der Waals surface area contributed by atoms with Crippen LogP contribution in [-0.2, 0) is 0 Å². The number of nitrogens with zero attached hydrogens (tertiary/aromatic N) is 1. The Morgan fingerprint density at radius 3 is 2.68 bits per heavy atom. The number of carbonyl (C=O) groups is 1. The molecule has 2 aromatic carbocycles. The minimum absolute atomic E-state index is 0.0911. The molecular formula is C18H18N2O5. The summed E-state index contributed by atoms with van der Waals surface area (Å²) in [7, 11) is 1.47. The van der Waals surface area contributed by atoms with Crippen LogP contribution in [0, 0.1) is 17.0 Å². The average Bonchev–Trinajstić information content (AvgIpc) is 2.61. The number of carbonyl (C=O) groups excluding carboxylic acids is 1. The van der Waals surface area contributed by atoms with Crippen LogP contribution in [0.3, 0.4) is 0 Å². The zero-order chi connectivity index (χ0) is 18.4. The Morgan fingerprint density at radius 1 is 1.28 bits per heavy atom. The first-order valence-electron chi connectivity index (χ1n) is 7.44. The molecule has 7 nitrogen and oxygen atoms in total. The van der Waals surface area contributed by atoms with Crippen LogP contribution in [0.5, 0.6) is 11.5 Å². The van der Waals surface area contributed by atoms with Crippen molar-refractivity contribution in [2.45, 2.75) is 6.92 Å². The first-order chi connectivity index (χ1) is 12.0. The lowest BCUT2D eigenvalue weighted by Crippen LogP contribution is -2.13. The van der Waals surface area contributed by atoms with E-state index in [0.717, 1.165) is 5.56 Å². The number of nitro benzene ring substituents is 1. The van der Waals surface area contributed by atoms with Crippen LogP contribution >= 0.6 is 0 Å². The molecule has 0 saturated carbocycles. The summed E-state index contributed by atoms with van der Waals surface area (Å²) < 4.78 is 10.7. The number of benzene rings is 2. The topological polar surface area (TPSA) is 90.7 Å². The predicted octanol–water partition coefficient (Wildman–Crippen LogP) is 3.73. The highest BCUT2D eigenvalue weighted by Crippen LogP contribution is 2.29. The van der Waals surface area contributed by atoms with Gasteiger partial charge in [-0.05, 0) is 30.7 Å². The fraction of sp³-hybridized carbons (Fsp3) is 0.167. The van der Waals surface area contributed by atoms with Crippen LogP contribution in [-0.4, -0.2) is 24.5 Å². The average molecular weight is 342 g/mol. The molecule has 0 bridgehead atoms. The fourth-order valence-corrected chi connectivity index (χ4v) is 2.13. The molecule has 0 saturated heterocycles. The summed E-state index contributed by atoms with van der Waals surface area (Å²) in [6.07, 6.45) is 1.60. The number of methoxy groups -OCH3 is 1. The summed E-state index contributed by atoms with van der Waals surface area (Å²) >= 11 is 0. The summed E-state index contributed by atoms with van der Waals surface area (Å²) in [5.41, 5.74) is 1.35. The number of nitrogens with one attached hydrogen (secondary N) is 1. The van der Waals surface area contributed by atoms with E-state index < -0.39 is 10.8 Å². The van der Waals surface area contributed by atoms with E-state index in [-0.39, 0.29) is 5.69 Å². The Kier molecular flexibility index (Phi) is 5.73. The second-order valence-corrected chi connectivity index (χ2v) is 5.18. The fourth-order valence-electron chi connectivity index (χ4n) is 2.13. The molecule has 2 aromatic rings. The van der Waals surface area contributed by atoms with Crippen molar-refractivity contribution in [1.82, 2.24) is 0 Å². The Labute approximate surface area is 145 Å². The van der Waals surface area contributed by atoms with Gasteiger partial charge in [-0.25, -0.2) is 0 Å². The van der Waals surface area contributed by atoms with E-state index in [4.69, 9.17) is 9.47 Å². The van der Waals surface area contributed by atoms with E-state index in [1.807, 2.05) is 0 Å². The maximum atomic E-state index is 12.4. The van der Waals surface area contributed by atoms with Gasteiger partial charge in [0.2, 0.25) is 0 Å². The maximum absolute atomic E-state index is 12.4. The van der Waals surface area contributed by atoms with Gasteiger partial charge in [0.1, 0.15) is 6.61 Å². The van der Waals surface area contributed by atoms with Gasteiger partial charge in [-0.3, -0.25) is 14.9 Å². The van der Waals surface area contributed by atoms with Gasteiger partial charge in [0, 0.05) is 17.7 Å². The third-order valence-corrected chi connectivity index (χ3v) is 3.46. The summed E-state index contributed by atoms with van der Waals surface area (Å²) in [6, 6.07) is 9.05. The predicted molar refractivity (Wildman–Crippen MR) is 94.5 cm³/mol. The van der Waals surface area contributed by atoms with Crippen molar-refractivity contribution in [1.29, 1.82) is 0 Å². The third-order valence-electron chi connectivity index (χ3n) is 3.46. The van der Waals surface area contributed by atoms with Crippen LogP contribution in [0.25, 0.3) is 0 Å². The van der Waals surface area contributed by atoms with E-state index in [1.165, 1.54) is 19.2 Å². The molecular weight excluding hydrogens is 324 g/mol. The molecule has 0 aliphatic carbocycles. The summed E-state index contributed by atoms with van der Waals surface area (Å²) in [4.78, 5) is 22.8. The molecule has 130 valence electrons. The maximum Gasteiger partial charge on any atom is 0.271 e.